The molecule has 1 saturated heterocycles. The molecule has 2 aromatic carbocycles. The van der Waals surface area contributed by atoms with Crippen molar-refractivity contribution in [1.29, 1.82) is 0 Å². The van der Waals surface area contributed by atoms with Crippen molar-refractivity contribution in [3.8, 4) is 10.6 Å². The normalized spacial score (nSPS) is 18.2. The van der Waals surface area contributed by atoms with E-state index in [9.17, 15) is 9.59 Å². The van der Waals surface area contributed by atoms with Gasteiger partial charge in [-0.2, -0.15) is 0 Å². The standard InChI is InChI=1S/C23H23ClN4O2S2/c1-14-21(32-22(26-14)16-7-3-2-4-8-16)18-11-19(29)28-23(27-18)31-13-20(30)25-12-15-6-5-9-17(24)10-15/h2-10,18,23,27H,11-13H2,1H3,(H,25,30)(H,28,29). The molecule has 0 bridgehead atoms. The summed E-state index contributed by atoms with van der Waals surface area (Å²) in [5.74, 6) is 0.0791. The monoisotopic (exact) mass is 486 g/mol. The second-order valence-electron chi connectivity index (χ2n) is 7.42. The van der Waals surface area contributed by atoms with Gasteiger partial charge in [0.2, 0.25) is 11.8 Å². The van der Waals surface area contributed by atoms with Crippen LogP contribution in [-0.4, -0.2) is 28.0 Å². The van der Waals surface area contributed by atoms with Crippen LogP contribution in [0.4, 0.5) is 0 Å². The number of hydrogen-bond donors (Lipinski definition) is 3. The number of carbonyl (C=O) groups excluding carboxylic acids is 2. The summed E-state index contributed by atoms with van der Waals surface area (Å²) < 4.78 is 0. The van der Waals surface area contributed by atoms with Gasteiger partial charge in [0.25, 0.3) is 0 Å². The number of hydrogen-bond acceptors (Lipinski definition) is 6. The molecule has 9 heteroatoms. The summed E-state index contributed by atoms with van der Waals surface area (Å²) in [5.41, 5.74) is 2.58. The quantitative estimate of drug-likeness (QED) is 0.465. The Kier molecular flexibility index (Phi) is 7.47. The van der Waals surface area contributed by atoms with Crippen LogP contribution in [0, 0.1) is 6.92 Å². The minimum Gasteiger partial charge on any atom is -0.351 e. The maximum atomic E-state index is 12.3. The number of carbonyl (C=O) groups is 2. The Morgan fingerprint density at radius 1 is 1.25 bits per heavy atom. The van der Waals surface area contributed by atoms with E-state index < -0.39 is 0 Å². The molecule has 166 valence electrons. The van der Waals surface area contributed by atoms with E-state index in [0.717, 1.165) is 26.7 Å². The third-order valence-electron chi connectivity index (χ3n) is 4.96. The van der Waals surface area contributed by atoms with Crippen LogP contribution in [0.2, 0.25) is 5.02 Å². The molecule has 1 aromatic heterocycles. The second-order valence-corrected chi connectivity index (χ2v) is 9.98. The van der Waals surface area contributed by atoms with E-state index in [-0.39, 0.29) is 29.1 Å². The van der Waals surface area contributed by atoms with Gasteiger partial charge < -0.3 is 10.6 Å². The van der Waals surface area contributed by atoms with Gasteiger partial charge in [-0.15, -0.1) is 23.1 Å². The van der Waals surface area contributed by atoms with Crippen molar-refractivity contribution in [3.63, 3.8) is 0 Å². The lowest BCUT2D eigenvalue weighted by atomic mass is 10.1. The Labute approximate surface area is 200 Å². The highest BCUT2D eigenvalue weighted by molar-refractivity contribution is 8.00. The van der Waals surface area contributed by atoms with E-state index in [1.807, 2.05) is 55.5 Å². The maximum Gasteiger partial charge on any atom is 0.230 e. The van der Waals surface area contributed by atoms with E-state index in [4.69, 9.17) is 16.6 Å². The zero-order valence-corrected chi connectivity index (χ0v) is 19.8. The number of thioether (sulfide) groups is 1. The van der Waals surface area contributed by atoms with Crippen LogP contribution in [0.3, 0.4) is 0 Å². The molecule has 0 radical (unpaired) electrons. The van der Waals surface area contributed by atoms with Crippen LogP contribution in [0.25, 0.3) is 10.6 Å². The predicted octanol–water partition coefficient (Wildman–Crippen LogP) is 4.26. The molecule has 0 saturated carbocycles. The zero-order valence-electron chi connectivity index (χ0n) is 17.4. The number of aromatic nitrogens is 1. The number of nitrogens with one attached hydrogen (secondary N) is 3. The molecule has 1 aliphatic rings. The summed E-state index contributed by atoms with van der Waals surface area (Å²) in [6.07, 6.45) is 0.343. The third kappa shape index (κ3) is 5.89. The number of thiazole rings is 1. The Balaban J connectivity index is 1.34. The highest BCUT2D eigenvalue weighted by atomic mass is 35.5. The van der Waals surface area contributed by atoms with Crippen LogP contribution in [0.5, 0.6) is 0 Å². The van der Waals surface area contributed by atoms with Crippen molar-refractivity contribution >= 4 is 46.5 Å². The summed E-state index contributed by atoms with van der Waals surface area (Å²) >= 11 is 8.94. The maximum absolute atomic E-state index is 12.3. The minimum absolute atomic E-state index is 0.0420. The Morgan fingerprint density at radius 3 is 2.84 bits per heavy atom. The Morgan fingerprint density at radius 2 is 2.06 bits per heavy atom. The molecule has 0 spiro atoms. The van der Waals surface area contributed by atoms with E-state index in [1.54, 1.807) is 17.4 Å². The molecular weight excluding hydrogens is 464 g/mol. The Bertz CT molecular complexity index is 1110. The summed E-state index contributed by atoms with van der Waals surface area (Å²) in [6.45, 7) is 2.38. The van der Waals surface area contributed by atoms with Gasteiger partial charge >= 0.3 is 0 Å². The zero-order chi connectivity index (χ0) is 22.5. The highest BCUT2D eigenvalue weighted by Crippen LogP contribution is 2.34. The molecule has 2 heterocycles. The molecule has 3 aromatic rings. The van der Waals surface area contributed by atoms with Gasteiger partial charge in [-0.25, -0.2) is 4.98 Å². The topological polar surface area (TPSA) is 83.1 Å². The molecule has 2 amide bonds. The molecular formula is C23H23ClN4O2S2. The summed E-state index contributed by atoms with van der Waals surface area (Å²) in [4.78, 5) is 30.4. The fraction of sp³-hybridized carbons (Fsp3) is 0.261. The highest BCUT2D eigenvalue weighted by Gasteiger charge is 2.30. The molecule has 1 fully saturated rings. The van der Waals surface area contributed by atoms with Crippen LogP contribution < -0.4 is 16.0 Å². The summed E-state index contributed by atoms with van der Waals surface area (Å²) in [6, 6.07) is 17.3. The number of rotatable bonds is 7. The largest absolute Gasteiger partial charge is 0.351 e. The Hall–Kier alpha value is -2.39. The van der Waals surface area contributed by atoms with Gasteiger partial charge in [0.1, 0.15) is 10.5 Å². The lowest BCUT2D eigenvalue weighted by Crippen LogP contribution is -2.51. The molecule has 3 N–H and O–H groups in total. The average molecular weight is 487 g/mol. The van der Waals surface area contributed by atoms with Crippen molar-refractivity contribution < 1.29 is 9.59 Å². The van der Waals surface area contributed by atoms with E-state index in [2.05, 4.69) is 16.0 Å². The van der Waals surface area contributed by atoms with Gasteiger partial charge in [-0.1, -0.05) is 54.1 Å². The van der Waals surface area contributed by atoms with Gasteiger partial charge in [-0.05, 0) is 24.6 Å². The van der Waals surface area contributed by atoms with Gasteiger partial charge in [0.15, 0.2) is 0 Å². The first-order valence-corrected chi connectivity index (χ1v) is 12.4. The molecule has 4 rings (SSSR count). The lowest BCUT2D eigenvalue weighted by molar-refractivity contribution is -0.123. The number of amides is 2. The van der Waals surface area contributed by atoms with Crippen molar-refractivity contribution in [2.45, 2.75) is 31.4 Å². The smallest absolute Gasteiger partial charge is 0.230 e. The van der Waals surface area contributed by atoms with E-state index >= 15 is 0 Å². The van der Waals surface area contributed by atoms with Gasteiger partial charge in [0, 0.05) is 28.4 Å². The number of halogens is 1. The fourth-order valence-corrected chi connectivity index (χ4v) is 5.67. The van der Waals surface area contributed by atoms with Crippen molar-refractivity contribution in [1.82, 2.24) is 20.9 Å². The summed E-state index contributed by atoms with van der Waals surface area (Å²) in [7, 11) is 0. The third-order valence-corrected chi connectivity index (χ3v) is 7.54. The van der Waals surface area contributed by atoms with Crippen LogP contribution >= 0.6 is 34.7 Å². The van der Waals surface area contributed by atoms with Crippen LogP contribution in [0.1, 0.15) is 28.6 Å². The van der Waals surface area contributed by atoms with E-state index in [1.165, 1.54) is 11.8 Å². The van der Waals surface area contributed by atoms with Crippen molar-refractivity contribution in [3.05, 3.63) is 75.8 Å². The van der Waals surface area contributed by atoms with Crippen molar-refractivity contribution in [2.75, 3.05) is 5.75 Å². The molecule has 2 unspecified atom stereocenters. The second kappa shape index (κ2) is 10.5. The minimum atomic E-state index is -0.347. The van der Waals surface area contributed by atoms with Gasteiger partial charge in [0.05, 0.1) is 17.5 Å². The van der Waals surface area contributed by atoms with Gasteiger partial charge in [-0.3, -0.25) is 14.9 Å². The molecule has 1 aliphatic heterocycles. The number of benzene rings is 2. The van der Waals surface area contributed by atoms with Crippen molar-refractivity contribution in [2.24, 2.45) is 0 Å². The fourth-order valence-electron chi connectivity index (χ4n) is 3.43. The van der Waals surface area contributed by atoms with Crippen LogP contribution in [-0.2, 0) is 16.1 Å². The average Bonchev–Trinajstić information content (AvgIpc) is 3.18. The molecule has 0 aliphatic carbocycles. The molecule has 2 atom stereocenters. The first-order chi connectivity index (χ1) is 15.5. The SMILES string of the molecule is Cc1nc(-c2ccccc2)sc1C1CC(=O)NC(SCC(=O)NCc2cccc(Cl)c2)N1. The number of aryl methyl sites for hydroxylation is 1. The molecule has 6 nitrogen and oxygen atoms in total. The first-order valence-electron chi connectivity index (χ1n) is 10.2. The first kappa shape index (κ1) is 22.8. The molecule has 32 heavy (non-hydrogen) atoms. The number of nitrogens with zero attached hydrogens (tertiary/aromatic N) is 1. The summed E-state index contributed by atoms with van der Waals surface area (Å²) in [5, 5.41) is 10.8. The lowest BCUT2D eigenvalue weighted by Gasteiger charge is -2.30. The van der Waals surface area contributed by atoms with E-state index in [0.29, 0.717) is 18.0 Å². The van der Waals surface area contributed by atoms with Crippen LogP contribution in [0.15, 0.2) is 54.6 Å². The predicted molar refractivity (Wildman–Crippen MR) is 130 cm³/mol.